The van der Waals surface area contributed by atoms with E-state index in [1.54, 1.807) is 11.1 Å². The molecule has 0 bridgehead atoms. The quantitative estimate of drug-likeness (QED) is 0.666. The van der Waals surface area contributed by atoms with Crippen molar-refractivity contribution in [2.24, 2.45) is 5.92 Å². The van der Waals surface area contributed by atoms with E-state index >= 15 is 0 Å². The highest BCUT2D eigenvalue weighted by Gasteiger charge is 2.34. The van der Waals surface area contributed by atoms with Gasteiger partial charge in [-0.1, -0.05) is 26.8 Å². The molecule has 5 heteroatoms. The molecule has 1 fully saturated rings. The number of hydrogen-bond acceptors (Lipinski definition) is 4. The second-order valence-corrected chi connectivity index (χ2v) is 9.07. The first-order valence-corrected chi connectivity index (χ1v) is 10.3. The molecular formula is C22H37N3O2. The highest BCUT2D eigenvalue weighted by Crippen LogP contribution is 2.37. The minimum Gasteiger partial charge on any atom is -0.443 e. The summed E-state index contributed by atoms with van der Waals surface area (Å²) in [5.74, 6) is 1.36. The van der Waals surface area contributed by atoms with Crippen LogP contribution in [-0.4, -0.2) is 40.7 Å². The van der Waals surface area contributed by atoms with E-state index in [0.29, 0.717) is 12.0 Å². The molecule has 1 amide bonds. The summed E-state index contributed by atoms with van der Waals surface area (Å²) in [6.45, 7) is 16.5. The molecule has 1 aromatic rings. The van der Waals surface area contributed by atoms with Crippen molar-refractivity contribution in [2.45, 2.75) is 85.4 Å². The first kappa shape index (κ1) is 21.7. The number of carbonyl (C=O) groups excluding carboxylic acids is 1. The third-order valence-corrected chi connectivity index (χ3v) is 4.99. The van der Waals surface area contributed by atoms with Crippen molar-refractivity contribution in [2.75, 3.05) is 18.0 Å². The molecule has 0 spiro atoms. The van der Waals surface area contributed by atoms with Crippen LogP contribution < -0.4 is 4.90 Å². The van der Waals surface area contributed by atoms with Gasteiger partial charge in [-0.15, -0.1) is 0 Å². The summed E-state index contributed by atoms with van der Waals surface area (Å²) in [5, 5.41) is 0. The summed E-state index contributed by atoms with van der Waals surface area (Å²) in [5.41, 5.74) is 0.608. The number of aromatic nitrogens is 1. The van der Waals surface area contributed by atoms with Crippen LogP contribution in [0.4, 0.5) is 10.6 Å². The van der Waals surface area contributed by atoms with Crippen molar-refractivity contribution in [3.05, 3.63) is 23.9 Å². The van der Waals surface area contributed by atoms with Crippen LogP contribution in [0.25, 0.3) is 0 Å². The first-order chi connectivity index (χ1) is 12.6. The van der Waals surface area contributed by atoms with Gasteiger partial charge in [0, 0.05) is 30.4 Å². The Kier molecular flexibility index (Phi) is 7.26. The van der Waals surface area contributed by atoms with Gasteiger partial charge in [-0.2, -0.15) is 0 Å². The molecule has 1 aliphatic heterocycles. The number of likely N-dealkylation sites (tertiary alicyclic amines) is 1. The van der Waals surface area contributed by atoms with E-state index in [1.165, 1.54) is 6.42 Å². The fraction of sp³-hybridized carbons (Fsp3) is 0.727. The fourth-order valence-electron chi connectivity index (χ4n) is 3.71. The van der Waals surface area contributed by atoms with Crippen molar-refractivity contribution < 1.29 is 9.53 Å². The Balaban J connectivity index is 2.41. The van der Waals surface area contributed by atoms with Gasteiger partial charge in [-0.25, -0.2) is 9.78 Å². The summed E-state index contributed by atoms with van der Waals surface area (Å²) < 4.78 is 5.72. The summed E-state index contributed by atoms with van der Waals surface area (Å²) in [7, 11) is 0. The van der Waals surface area contributed by atoms with E-state index in [9.17, 15) is 4.79 Å². The van der Waals surface area contributed by atoms with Gasteiger partial charge in [0.2, 0.25) is 0 Å². The average Bonchev–Trinajstić information content (AvgIpc) is 3.00. The number of rotatable bonds is 6. The third kappa shape index (κ3) is 5.68. The topological polar surface area (TPSA) is 45.7 Å². The summed E-state index contributed by atoms with van der Waals surface area (Å²) in [6.07, 6.45) is 4.59. The number of pyridine rings is 1. The Morgan fingerprint density at radius 1 is 1.37 bits per heavy atom. The summed E-state index contributed by atoms with van der Waals surface area (Å²) >= 11 is 0. The van der Waals surface area contributed by atoms with Crippen molar-refractivity contribution in [1.82, 2.24) is 9.88 Å². The molecule has 152 valence electrons. The Hall–Kier alpha value is -1.62. The monoisotopic (exact) mass is 375 g/mol. The van der Waals surface area contributed by atoms with Gasteiger partial charge in [0.25, 0.3) is 0 Å². The van der Waals surface area contributed by atoms with Gasteiger partial charge in [0.05, 0.1) is 0 Å². The summed E-state index contributed by atoms with van der Waals surface area (Å²) in [4.78, 5) is 22.0. The lowest BCUT2D eigenvalue weighted by atomic mass is 10.0. The molecule has 0 unspecified atom stereocenters. The fourth-order valence-corrected chi connectivity index (χ4v) is 3.71. The van der Waals surface area contributed by atoms with E-state index in [2.05, 4.69) is 43.6 Å². The molecule has 0 N–H and O–H groups in total. The van der Waals surface area contributed by atoms with Gasteiger partial charge >= 0.3 is 6.09 Å². The Labute approximate surface area is 165 Å². The predicted octanol–water partition coefficient (Wildman–Crippen LogP) is 5.41. The van der Waals surface area contributed by atoms with Gasteiger partial charge < -0.3 is 4.74 Å². The number of nitrogens with zero attached hydrogens (tertiary/aromatic N) is 3. The van der Waals surface area contributed by atoms with Crippen LogP contribution in [0.2, 0.25) is 0 Å². The molecule has 2 rings (SSSR count). The number of carbonyl (C=O) groups is 1. The maximum absolute atomic E-state index is 13.0. The second kappa shape index (κ2) is 9.05. The molecule has 0 radical (unpaired) electrons. The number of hydrogen-bond donors (Lipinski definition) is 0. The van der Waals surface area contributed by atoms with Gasteiger partial charge in [0.1, 0.15) is 11.4 Å². The molecule has 1 aliphatic rings. The minimum atomic E-state index is -0.533. The molecule has 27 heavy (non-hydrogen) atoms. The van der Waals surface area contributed by atoms with E-state index in [0.717, 1.165) is 37.3 Å². The lowest BCUT2D eigenvalue weighted by molar-refractivity contribution is 0.0565. The van der Waals surface area contributed by atoms with Crippen LogP contribution in [-0.2, 0) is 4.74 Å². The second-order valence-electron chi connectivity index (χ2n) is 9.07. The van der Waals surface area contributed by atoms with Gasteiger partial charge in [0.15, 0.2) is 0 Å². The number of anilines is 1. The normalized spacial score (nSPS) is 19.3. The van der Waals surface area contributed by atoms with Gasteiger partial charge in [-0.3, -0.25) is 9.80 Å². The number of ether oxygens (including phenoxy) is 1. The van der Waals surface area contributed by atoms with Crippen LogP contribution >= 0.6 is 0 Å². The molecule has 5 nitrogen and oxygen atoms in total. The maximum Gasteiger partial charge on any atom is 0.416 e. The van der Waals surface area contributed by atoms with Gasteiger partial charge in [-0.05, 0) is 65.5 Å². The molecule has 0 aromatic carbocycles. The van der Waals surface area contributed by atoms with E-state index in [-0.39, 0.29) is 12.1 Å². The lowest BCUT2D eigenvalue weighted by Gasteiger charge is -2.34. The van der Waals surface area contributed by atoms with Crippen LogP contribution in [0.15, 0.2) is 18.3 Å². The minimum absolute atomic E-state index is 0.0217. The van der Waals surface area contributed by atoms with Crippen molar-refractivity contribution in [3.8, 4) is 0 Å². The smallest absolute Gasteiger partial charge is 0.416 e. The molecule has 1 aromatic heterocycles. The molecule has 2 heterocycles. The largest absolute Gasteiger partial charge is 0.443 e. The molecule has 0 saturated carbocycles. The molecular weight excluding hydrogens is 338 g/mol. The molecule has 0 aliphatic carbocycles. The van der Waals surface area contributed by atoms with Crippen LogP contribution in [0.1, 0.15) is 79.3 Å². The first-order valence-electron chi connectivity index (χ1n) is 10.3. The third-order valence-electron chi connectivity index (χ3n) is 4.99. The van der Waals surface area contributed by atoms with Crippen LogP contribution in [0.5, 0.6) is 0 Å². The zero-order chi connectivity index (χ0) is 20.2. The predicted molar refractivity (Wildman–Crippen MR) is 111 cm³/mol. The average molecular weight is 376 g/mol. The van der Waals surface area contributed by atoms with Crippen molar-refractivity contribution >= 4 is 11.9 Å². The Morgan fingerprint density at radius 3 is 2.67 bits per heavy atom. The maximum atomic E-state index is 13.0. The zero-order valence-corrected chi connectivity index (χ0v) is 18.2. The molecule has 2 atom stereocenters. The van der Waals surface area contributed by atoms with E-state index < -0.39 is 5.60 Å². The van der Waals surface area contributed by atoms with E-state index in [1.807, 2.05) is 26.8 Å². The van der Waals surface area contributed by atoms with Crippen molar-refractivity contribution in [3.63, 3.8) is 0 Å². The summed E-state index contributed by atoms with van der Waals surface area (Å²) in [6, 6.07) is 4.44. The van der Waals surface area contributed by atoms with Crippen molar-refractivity contribution in [1.29, 1.82) is 0 Å². The Morgan fingerprint density at radius 2 is 2.07 bits per heavy atom. The van der Waals surface area contributed by atoms with Crippen LogP contribution in [0, 0.1) is 5.92 Å². The standard InChI is InChI=1S/C22H37N3O2/c1-8-17(4)25(21(26)27-22(5,6)7)20-18(11-9-13-23-20)19-12-10-14-24(19)15-16(2)3/h9,11,13,16-17,19H,8,10,12,14-15H2,1-7H3/t17-,19+/m0/s1. The lowest BCUT2D eigenvalue weighted by Crippen LogP contribution is -2.43. The van der Waals surface area contributed by atoms with E-state index in [4.69, 9.17) is 4.74 Å². The highest BCUT2D eigenvalue weighted by atomic mass is 16.6. The van der Waals surface area contributed by atoms with Crippen LogP contribution in [0.3, 0.4) is 0 Å². The highest BCUT2D eigenvalue weighted by molar-refractivity contribution is 5.88. The Bertz CT molecular complexity index is 624. The number of amides is 1. The zero-order valence-electron chi connectivity index (χ0n) is 18.2. The SMILES string of the molecule is CC[C@H](C)N(C(=O)OC(C)(C)C)c1ncccc1[C@H]1CCCN1CC(C)C. The molecule has 1 saturated heterocycles.